The molecule has 1 aromatic carbocycles. The van der Waals surface area contributed by atoms with Crippen LogP contribution in [0.25, 0.3) is 6.20 Å². The standard InChI is InChI=1S/C14H13NO2/c16-14(17)8-10-15-9-4-7-13(15)11-12-5-2-1-3-6-12/h1-10H,11H2,(H,16,17). The maximum atomic E-state index is 10.5. The molecule has 0 spiro atoms. The van der Waals surface area contributed by atoms with E-state index in [2.05, 4.69) is 12.1 Å². The minimum absolute atomic E-state index is 0.789. The number of hydrogen-bond donors (Lipinski definition) is 1. The Balaban J connectivity index is 2.17. The highest BCUT2D eigenvalue weighted by Crippen LogP contribution is 2.10. The van der Waals surface area contributed by atoms with E-state index in [-0.39, 0.29) is 0 Å². The number of rotatable bonds is 4. The fourth-order valence-electron chi connectivity index (χ4n) is 1.67. The van der Waals surface area contributed by atoms with Gasteiger partial charge in [-0.2, -0.15) is 0 Å². The maximum Gasteiger partial charge on any atom is 0.329 e. The molecule has 17 heavy (non-hydrogen) atoms. The molecule has 0 bridgehead atoms. The Morgan fingerprint density at radius 2 is 1.94 bits per heavy atom. The summed E-state index contributed by atoms with van der Waals surface area (Å²) in [5, 5.41) is 8.59. The monoisotopic (exact) mass is 227 g/mol. The molecule has 0 amide bonds. The SMILES string of the molecule is O=C(O)C=Cn1cccc1Cc1ccccc1. The Hall–Kier alpha value is -2.29. The van der Waals surface area contributed by atoms with Crippen molar-refractivity contribution in [3.05, 3.63) is 66.0 Å². The summed E-state index contributed by atoms with van der Waals surface area (Å²) in [5.74, 6) is -0.940. The van der Waals surface area contributed by atoms with Gasteiger partial charge in [0.15, 0.2) is 0 Å². The third-order valence-electron chi connectivity index (χ3n) is 2.47. The molecule has 3 nitrogen and oxygen atoms in total. The van der Waals surface area contributed by atoms with Gasteiger partial charge in [-0.15, -0.1) is 0 Å². The number of nitrogens with zero attached hydrogens (tertiary/aromatic N) is 1. The summed E-state index contributed by atoms with van der Waals surface area (Å²) >= 11 is 0. The Morgan fingerprint density at radius 1 is 1.18 bits per heavy atom. The zero-order valence-electron chi connectivity index (χ0n) is 9.28. The van der Waals surface area contributed by atoms with Crippen molar-refractivity contribution in [3.63, 3.8) is 0 Å². The zero-order chi connectivity index (χ0) is 12.1. The summed E-state index contributed by atoms with van der Waals surface area (Å²) in [6, 6.07) is 14.0. The first-order valence-electron chi connectivity index (χ1n) is 5.36. The van der Waals surface area contributed by atoms with Crippen molar-refractivity contribution in [3.8, 4) is 0 Å². The first-order chi connectivity index (χ1) is 8.25. The van der Waals surface area contributed by atoms with E-state index in [0.29, 0.717) is 0 Å². The molecule has 0 fully saturated rings. The first kappa shape index (κ1) is 11.2. The van der Waals surface area contributed by atoms with Crippen molar-refractivity contribution >= 4 is 12.2 Å². The van der Waals surface area contributed by atoms with Crippen molar-refractivity contribution in [1.82, 2.24) is 4.57 Å². The van der Waals surface area contributed by atoms with Gasteiger partial charge in [0.1, 0.15) is 0 Å². The van der Waals surface area contributed by atoms with Gasteiger partial charge in [-0.05, 0) is 17.7 Å². The summed E-state index contributed by atoms with van der Waals surface area (Å²) in [6.45, 7) is 0. The van der Waals surface area contributed by atoms with Crippen LogP contribution in [0.2, 0.25) is 0 Å². The minimum Gasteiger partial charge on any atom is -0.478 e. The highest BCUT2D eigenvalue weighted by Gasteiger charge is 2.00. The summed E-state index contributed by atoms with van der Waals surface area (Å²) in [7, 11) is 0. The van der Waals surface area contributed by atoms with Crippen LogP contribution >= 0.6 is 0 Å². The van der Waals surface area contributed by atoms with Crippen molar-refractivity contribution < 1.29 is 9.90 Å². The third-order valence-corrected chi connectivity index (χ3v) is 2.47. The second-order valence-corrected chi connectivity index (χ2v) is 3.72. The molecule has 0 aliphatic carbocycles. The normalized spacial score (nSPS) is 10.8. The molecule has 0 saturated carbocycles. The molecule has 1 N–H and O–H groups in total. The van der Waals surface area contributed by atoms with Crippen molar-refractivity contribution in [2.75, 3.05) is 0 Å². The lowest BCUT2D eigenvalue weighted by molar-refractivity contribution is -0.131. The van der Waals surface area contributed by atoms with Gasteiger partial charge in [-0.3, -0.25) is 0 Å². The van der Waals surface area contributed by atoms with Gasteiger partial charge in [0.25, 0.3) is 0 Å². The highest BCUT2D eigenvalue weighted by atomic mass is 16.4. The second-order valence-electron chi connectivity index (χ2n) is 3.72. The highest BCUT2D eigenvalue weighted by molar-refractivity contribution is 5.83. The molecule has 86 valence electrons. The molecule has 0 atom stereocenters. The summed E-state index contributed by atoms with van der Waals surface area (Å²) in [4.78, 5) is 10.5. The number of aromatic nitrogens is 1. The van der Waals surface area contributed by atoms with Gasteiger partial charge in [0.05, 0.1) is 0 Å². The molecule has 0 radical (unpaired) electrons. The number of aliphatic carboxylic acids is 1. The Labute approximate surface area is 99.6 Å². The predicted octanol–water partition coefficient (Wildman–Crippen LogP) is 2.63. The van der Waals surface area contributed by atoms with Crippen LogP contribution in [0.4, 0.5) is 0 Å². The number of hydrogen-bond acceptors (Lipinski definition) is 1. The van der Waals surface area contributed by atoms with Crippen LogP contribution < -0.4 is 0 Å². The number of carboxylic acid groups (broad SMARTS) is 1. The lowest BCUT2D eigenvalue weighted by Crippen LogP contribution is -1.96. The fourth-order valence-corrected chi connectivity index (χ4v) is 1.67. The van der Waals surface area contributed by atoms with Gasteiger partial charge in [-0.1, -0.05) is 30.3 Å². The Morgan fingerprint density at radius 3 is 2.65 bits per heavy atom. The largest absolute Gasteiger partial charge is 0.478 e. The second kappa shape index (κ2) is 5.16. The average Bonchev–Trinajstić information content (AvgIpc) is 2.75. The smallest absolute Gasteiger partial charge is 0.329 e. The topological polar surface area (TPSA) is 42.2 Å². The van der Waals surface area contributed by atoms with E-state index >= 15 is 0 Å². The molecule has 1 aromatic heterocycles. The van der Waals surface area contributed by atoms with Crippen molar-refractivity contribution in [1.29, 1.82) is 0 Å². The molecule has 0 saturated heterocycles. The first-order valence-corrected chi connectivity index (χ1v) is 5.36. The molecule has 2 rings (SSSR count). The zero-order valence-corrected chi connectivity index (χ0v) is 9.28. The average molecular weight is 227 g/mol. The third kappa shape index (κ3) is 3.08. The Bertz CT molecular complexity index is 526. The van der Waals surface area contributed by atoms with E-state index in [1.165, 1.54) is 5.56 Å². The molecular weight excluding hydrogens is 214 g/mol. The molecule has 2 aromatic rings. The fraction of sp³-hybridized carbons (Fsp3) is 0.0714. The van der Waals surface area contributed by atoms with Crippen LogP contribution in [0.5, 0.6) is 0 Å². The molecule has 1 heterocycles. The lowest BCUT2D eigenvalue weighted by Gasteiger charge is -2.04. The summed E-state index contributed by atoms with van der Waals surface area (Å²) in [6.07, 6.45) is 5.32. The maximum absolute atomic E-state index is 10.5. The number of benzene rings is 1. The van der Waals surface area contributed by atoms with Crippen LogP contribution in [-0.2, 0) is 11.2 Å². The van der Waals surface area contributed by atoms with Crippen molar-refractivity contribution in [2.24, 2.45) is 0 Å². The number of carboxylic acids is 1. The van der Waals surface area contributed by atoms with E-state index < -0.39 is 5.97 Å². The van der Waals surface area contributed by atoms with Crippen LogP contribution in [0.15, 0.2) is 54.7 Å². The van der Waals surface area contributed by atoms with E-state index in [0.717, 1.165) is 18.2 Å². The van der Waals surface area contributed by atoms with Gasteiger partial charge < -0.3 is 9.67 Å². The predicted molar refractivity (Wildman–Crippen MR) is 66.6 cm³/mol. The van der Waals surface area contributed by atoms with E-state index in [9.17, 15) is 4.79 Å². The van der Waals surface area contributed by atoms with E-state index in [1.54, 1.807) is 6.20 Å². The molecule has 3 heteroatoms. The van der Waals surface area contributed by atoms with E-state index in [1.807, 2.05) is 41.1 Å². The van der Waals surface area contributed by atoms with Crippen LogP contribution in [0.1, 0.15) is 11.3 Å². The number of carbonyl (C=O) groups is 1. The van der Waals surface area contributed by atoms with E-state index in [4.69, 9.17) is 5.11 Å². The van der Waals surface area contributed by atoms with Gasteiger partial charge in [0.2, 0.25) is 0 Å². The van der Waals surface area contributed by atoms with Crippen LogP contribution in [0.3, 0.4) is 0 Å². The molecule has 0 aliphatic rings. The lowest BCUT2D eigenvalue weighted by atomic mass is 10.1. The van der Waals surface area contributed by atoms with Gasteiger partial charge in [0, 0.05) is 30.6 Å². The molecule has 0 aliphatic heterocycles. The minimum atomic E-state index is -0.940. The molecular formula is C14H13NO2. The van der Waals surface area contributed by atoms with Gasteiger partial charge in [-0.25, -0.2) is 4.79 Å². The quantitative estimate of drug-likeness (QED) is 0.816. The summed E-state index contributed by atoms with van der Waals surface area (Å²) in [5.41, 5.74) is 2.27. The Kier molecular flexibility index (Phi) is 3.40. The van der Waals surface area contributed by atoms with Crippen LogP contribution in [-0.4, -0.2) is 15.6 Å². The van der Waals surface area contributed by atoms with Gasteiger partial charge >= 0.3 is 5.97 Å². The van der Waals surface area contributed by atoms with Crippen molar-refractivity contribution in [2.45, 2.75) is 6.42 Å². The molecule has 0 unspecified atom stereocenters. The summed E-state index contributed by atoms with van der Waals surface area (Å²) < 4.78 is 1.82. The van der Waals surface area contributed by atoms with Crippen LogP contribution in [0, 0.1) is 0 Å².